The average molecular weight is 1390 g/mol. The average Bonchev–Trinajstić information content (AvgIpc) is 1.77. The van der Waals surface area contributed by atoms with E-state index in [0.717, 1.165) is 121 Å². The number of hydrogen-bond donors (Lipinski definition) is 0. The minimum atomic E-state index is -1.22. The van der Waals surface area contributed by atoms with Crippen LogP contribution >= 0.6 is 0 Å². The molecule has 0 aromatic rings. The van der Waals surface area contributed by atoms with E-state index in [0.29, 0.717) is 23.7 Å². The molecule has 14 atom stereocenters. The van der Waals surface area contributed by atoms with Gasteiger partial charge in [-0.05, 0) is 222 Å². The maximum atomic E-state index is 12.8. The molecule has 8 fully saturated rings. The predicted molar refractivity (Wildman–Crippen MR) is 430 cm³/mol. The molecule has 6 N–H and O–H groups in total. The largest absolute Gasteiger partial charge is 0.412 e. The normalized spacial score (nSPS) is 37.8. The molecule has 14 unspecified atom stereocenters. The lowest BCUT2D eigenvalue weighted by Gasteiger charge is -2.30. The third-order valence-electron chi connectivity index (χ3n) is 24.4. The summed E-state index contributed by atoms with van der Waals surface area (Å²) in [7, 11) is 0. The van der Waals surface area contributed by atoms with Gasteiger partial charge in [0.2, 0.25) is 0 Å². The summed E-state index contributed by atoms with van der Waals surface area (Å²) in [6.45, 7) is 49.2. The van der Waals surface area contributed by atoms with E-state index in [2.05, 4.69) is 149 Å². The van der Waals surface area contributed by atoms with Crippen molar-refractivity contribution in [3.05, 3.63) is 35.5 Å². The van der Waals surface area contributed by atoms with Crippen LogP contribution in [0.25, 0.3) is 0 Å². The molecule has 0 aromatic heterocycles. The van der Waals surface area contributed by atoms with Crippen molar-refractivity contribution in [1.82, 2.24) is 0 Å². The van der Waals surface area contributed by atoms with Crippen molar-refractivity contribution in [2.45, 2.75) is 423 Å². The lowest BCUT2D eigenvalue weighted by atomic mass is 9.81. The first kappa shape index (κ1) is 104. The zero-order chi connectivity index (χ0) is 69.3. The Morgan fingerprint density at radius 2 is 0.423 bits per heavy atom. The van der Waals surface area contributed by atoms with Gasteiger partial charge in [0.1, 0.15) is 24.7 Å². The van der Waals surface area contributed by atoms with E-state index in [1.54, 1.807) is 25.0 Å². The molecule has 11 aliphatic carbocycles. The van der Waals surface area contributed by atoms with Crippen molar-refractivity contribution in [3.8, 4) is 0 Å². The summed E-state index contributed by atoms with van der Waals surface area (Å²) in [6, 6.07) is 0. The van der Waals surface area contributed by atoms with E-state index in [1.807, 2.05) is 13.8 Å². The van der Waals surface area contributed by atoms with Crippen LogP contribution in [0.1, 0.15) is 398 Å². The van der Waals surface area contributed by atoms with Gasteiger partial charge in [-0.1, -0.05) is 330 Å². The van der Waals surface area contributed by atoms with Crippen LogP contribution in [-0.4, -0.2) is 41.1 Å². The highest BCUT2D eigenvalue weighted by atomic mass is 19.2. The Bertz CT molecular complexity index is 1550. The molecule has 0 heterocycles. The summed E-state index contributed by atoms with van der Waals surface area (Å²) in [5.41, 5.74) is 3.17. The number of rotatable bonds is 0. The van der Waals surface area contributed by atoms with E-state index in [1.165, 1.54) is 193 Å². The number of hydrogen-bond acceptors (Lipinski definition) is 0. The van der Waals surface area contributed by atoms with Crippen molar-refractivity contribution in [1.29, 1.82) is 0 Å². The van der Waals surface area contributed by atoms with Gasteiger partial charge in [0, 0.05) is 0 Å². The van der Waals surface area contributed by atoms with Gasteiger partial charge in [-0.15, -0.1) is 0 Å². The van der Waals surface area contributed by atoms with Crippen molar-refractivity contribution in [2.24, 2.45) is 118 Å². The summed E-state index contributed by atoms with van der Waals surface area (Å²) in [4.78, 5) is 0. The van der Waals surface area contributed by atoms with Crippen LogP contribution in [0, 0.1) is 118 Å². The van der Waals surface area contributed by atoms with Crippen molar-refractivity contribution in [3.63, 3.8) is 0 Å². The van der Waals surface area contributed by atoms with E-state index < -0.39 is 24.7 Å². The Morgan fingerprint density at radius 1 is 0.237 bits per heavy atom. The number of halogens is 4. The predicted octanol–water partition coefficient (Wildman–Crippen LogP) is 29.4. The molecule has 0 aromatic carbocycles. The Kier molecular flexibility index (Phi) is 65.9. The summed E-state index contributed by atoms with van der Waals surface area (Å²) >= 11 is 0. The monoisotopic (exact) mass is 1390 g/mol. The summed E-state index contributed by atoms with van der Waals surface area (Å²) in [5, 5.41) is 0. The van der Waals surface area contributed by atoms with Crippen molar-refractivity contribution >= 4 is 0 Å². The number of allylic oxidation sites excluding steroid dienone is 6. The third kappa shape index (κ3) is 55.0. The molecule has 0 amide bonds. The van der Waals surface area contributed by atoms with Gasteiger partial charge in [0.25, 0.3) is 0 Å². The van der Waals surface area contributed by atoms with Crippen molar-refractivity contribution in [2.75, 3.05) is 0 Å². The first-order valence-electron chi connectivity index (χ1n) is 40.9. The Labute approximate surface area is 607 Å². The summed E-state index contributed by atoms with van der Waals surface area (Å²) in [6.07, 6.45) is 54.1. The number of alkyl halides is 4. The van der Waals surface area contributed by atoms with Crippen LogP contribution in [0.4, 0.5) is 17.6 Å². The molecule has 0 radical (unpaired) electrons. The highest BCUT2D eigenvalue weighted by Gasteiger charge is 2.35. The molecule has 11 aliphatic rings. The van der Waals surface area contributed by atoms with E-state index in [9.17, 15) is 17.6 Å². The molecular weight excluding hydrogens is 1200 g/mol. The lowest BCUT2D eigenvalue weighted by Crippen LogP contribution is -2.35. The second-order valence-corrected chi connectivity index (χ2v) is 35.8. The fraction of sp³-hybridized carbons (Fsp3) is 0.933. The zero-order valence-corrected chi connectivity index (χ0v) is 67.6. The minimum absolute atomic E-state index is 0. The first-order valence-corrected chi connectivity index (χ1v) is 40.9. The Hall–Kier alpha value is -1.18. The molecule has 0 bridgehead atoms. The lowest BCUT2D eigenvalue weighted by molar-refractivity contribution is 0.0367. The molecule has 7 heteroatoms. The molecule has 586 valence electrons. The van der Waals surface area contributed by atoms with Crippen LogP contribution in [0.3, 0.4) is 0 Å². The highest BCUT2D eigenvalue weighted by molar-refractivity contribution is 5.03. The van der Waals surface area contributed by atoms with Crippen LogP contribution < -0.4 is 0 Å². The standard InChI is InChI=1S/C8H14F2.2C8H15F.5C8H16.3C8H14.2CH4.3H2O/c1-5-3-4-6(2)8(10)7(5)9;2*1-6-3-4-7(2)8(9)5-6;8*1-7-3-5-8(2)6-4-7;;;;;/h5-8H,3-4H2,1-2H3;2*6-8H,3-5H2,1-2H3;5*7-8H,3-6H2,1-2H3;2*3,8H,4-6H2,1-2H3;3,5,7-8H,4,6H2,1-2H3;2*1H4;3*1H2. The van der Waals surface area contributed by atoms with Gasteiger partial charge in [-0.25, -0.2) is 17.6 Å². The van der Waals surface area contributed by atoms with E-state index in [4.69, 9.17) is 0 Å². The second kappa shape index (κ2) is 61.2. The Morgan fingerprint density at radius 3 is 0.567 bits per heavy atom. The minimum Gasteiger partial charge on any atom is -0.412 e. The quantitative estimate of drug-likeness (QED) is 0.171. The van der Waals surface area contributed by atoms with Crippen LogP contribution in [0.5, 0.6) is 0 Å². The highest BCUT2D eigenvalue weighted by Crippen LogP contribution is 2.36. The smallest absolute Gasteiger partial charge is 0.134 e. The van der Waals surface area contributed by atoms with Gasteiger partial charge < -0.3 is 16.4 Å². The van der Waals surface area contributed by atoms with Crippen LogP contribution in [0.15, 0.2) is 35.5 Å². The van der Waals surface area contributed by atoms with Gasteiger partial charge in [-0.2, -0.15) is 0 Å². The van der Waals surface area contributed by atoms with Crippen LogP contribution in [-0.2, 0) is 0 Å². The molecule has 0 aliphatic heterocycles. The van der Waals surface area contributed by atoms with Gasteiger partial charge >= 0.3 is 0 Å². The van der Waals surface area contributed by atoms with Gasteiger partial charge in [0.15, 0.2) is 0 Å². The summed E-state index contributed by atoms with van der Waals surface area (Å²) < 4.78 is 51.3. The molecule has 3 nitrogen and oxygen atoms in total. The maximum Gasteiger partial charge on any atom is 0.134 e. The first-order chi connectivity index (χ1) is 43.3. The Balaban J connectivity index is -0.000000319. The van der Waals surface area contributed by atoms with Gasteiger partial charge in [-0.3, -0.25) is 0 Å². The maximum absolute atomic E-state index is 12.8. The molecule has 8 saturated carbocycles. The molecule has 0 spiro atoms. The zero-order valence-electron chi connectivity index (χ0n) is 67.6. The molecular formula is C90H180F4O3. The molecule has 11 rings (SSSR count). The SMILES string of the molecule is C.C.CC1=CCC(C)CC1.CC1=CCC(C)CC1.CC1C=CC(C)CC1.CC1CCC(C)C(F)C1.CC1CCC(C)C(F)C1.CC1CCC(C)C(F)C1F.CC1CCC(C)CC1.CC1CCC(C)CC1.CC1CCC(C)CC1.CC1CCC(C)CC1.CC1CCC(C)CC1.O.O.O. The van der Waals surface area contributed by atoms with Crippen molar-refractivity contribution < 1.29 is 34.0 Å². The van der Waals surface area contributed by atoms with E-state index in [-0.39, 0.29) is 43.1 Å². The third-order valence-corrected chi connectivity index (χ3v) is 24.4. The van der Waals surface area contributed by atoms with Crippen LogP contribution in [0.2, 0.25) is 0 Å². The molecule has 0 saturated heterocycles. The van der Waals surface area contributed by atoms with Gasteiger partial charge in [0.05, 0.1) is 0 Å². The fourth-order valence-corrected chi connectivity index (χ4v) is 14.8. The summed E-state index contributed by atoms with van der Waals surface area (Å²) in [5.74, 6) is 15.5. The fourth-order valence-electron chi connectivity index (χ4n) is 14.8. The molecule has 97 heavy (non-hydrogen) atoms. The topological polar surface area (TPSA) is 94.5 Å². The van der Waals surface area contributed by atoms with E-state index >= 15 is 0 Å². The second-order valence-electron chi connectivity index (χ2n) is 35.8.